The number of pyridine rings is 1. The lowest BCUT2D eigenvalue weighted by Crippen LogP contribution is -2.49. The average molecular weight is 323 g/mol. The molecule has 2 fully saturated rings. The molecular weight excluding hydrogens is 302 g/mol. The minimum atomic E-state index is 0.165. The quantitative estimate of drug-likeness (QED) is 0.856. The Bertz CT molecular complexity index is 691. The molecule has 0 N–H and O–H groups in total. The van der Waals surface area contributed by atoms with Crippen LogP contribution in [0.1, 0.15) is 30.0 Å². The van der Waals surface area contributed by atoms with Crippen LogP contribution in [0.4, 0.5) is 5.82 Å². The van der Waals surface area contributed by atoms with Crippen LogP contribution in [0.3, 0.4) is 0 Å². The fourth-order valence-electron chi connectivity index (χ4n) is 3.08. The third kappa shape index (κ3) is 3.37. The first-order chi connectivity index (χ1) is 11.8. The summed E-state index contributed by atoms with van der Waals surface area (Å²) >= 11 is 0. The Balaban J connectivity index is 1.31. The van der Waals surface area contributed by atoms with Crippen molar-refractivity contribution < 1.29 is 4.79 Å². The van der Waals surface area contributed by atoms with Gasteiger partial charge in [0.1, 0.15) is 0 Å². The van der Waals surface area contributed by atoms with E-state index >= 15 is 0 Å². The molecule has 3 heterocycles. The van der Waals surface area contributed by atoms with Gasteiger partial charge in [-0.3, -0.25) is 9.78 Å². The topological polar surface area (TPSA) is 62.2 Å². The summed E-state index contributed by atoms with van der Waals surface area (Å²) in [5.41, 5.74) is 2.08. The summed E-state index contributed by atoms with van der Waals surface area (Å²) in [4.78, 5) is 20.6. The van der Waals surface area contributed by atoms with Crippen LogP contribution in [0, 0.1) is 0 Å². The molecule has 1 amide bonds. The molecule has 0 aromatic carbocycles. The van der Waals surface area contributed by atoms with Crippen molar-refractivity contribution in [1.82, 2.24) is 20.1 Å². The van der Waals surface area contributed by atoms with Gasteiger partial charge >= 0.3 is 0 Å². The average Bonchev–Trinajstić information content (AvgIpc) is 3.48. The summed E-state index contributed by atoms with van der Waals surface area (Å²) in [5.74, 6) is 1.71. The molecule has 6 nitrogen and oxygen atoms in total. The molecule has 2 aromatic heterocycles. The summed E-state index contributed by atoms with van der Waals surface area (Å²) in [6.45, 7) is 3.06. The Morgan fingerprint density at radius 3 is 2.54 bits per heavy atom. The van der Waals surface area contributed by atoms with Crippen molar-refractivity contribution in [2.75, 3.05) is 31.1 Å². The van der Waals surface area contributed by atoms with Gasteiger partial charge in [-0.2, -0.15) is 5.10 Å². The molecule has 0 radical (unpaired) electrons. The summed E-state index contributed by atoms with van der Waals surface area (Å²) in [5, 5.41) is 8.71. The van der Waals surface area contributed by atoms with E-state index in [0.717, 1.165) is 43.3 Å². The lowest BCUT2D eigenvalue weighted by atomic mass is 10.2. The number of aromatic nitrogens is 3. The molecule has 1 saturated carbocycles. The molecule has 1 aliphatic heterocycles. The third-order valence-corrected chi connectivity index (χ3v) is 4.70. The van der Waals surface area contributed by atoms with Crippen molar-refractivity contribution in [2.45, 2.75) is 25.2 Å². The van der Waals surface area contributed by atoms with Crippen LogP contribution in [0.5, 0.6) is 0 Å². The second-order valence-corrected chi connectivity index (χ2v) is 6.50. The molecule has 0 spiro atoms. The Hall–Kier alpha value is -2.50. The van der Waals surface area contributed by atoms with Crippen LogP contribution < -0.4 is 4.90 Å². The smallest absolute Gasteiger partial charge is 0.227 e. The second-order valence-electron chi connectivity index (χ2n) is 6.50. The number of anilines is 1. The standard InChI is InChI=1S/C18H21N5O/c24-18(12-14-2-1-7-19-13-14)23-10-8-22(9-11-23)17-6-5-16(20-21-17)15-3-4-15/h1-2,5-7,13,15H,3-4,8-12H2. The molecule has 1 saturated heterocycles. The maximum atomic E-state index is 12.4. The van der Waals surface area contributed by atoms with Crippen LogP contribution in [0.2, 0.25) is 0 Å². The van der Waals surface area contributed by atoms with Crippen LogP contribution in [0.15, 0.2) is 36.7 Å². The molecule has 0 unspecified atom stereocenters. The predicted octanol–water partition coefficient (Wildman–Crippen LogP) is 1.64. The van der Waals surface area contributed by atoms with Gasteiger partial charge in [-0.05, 0) is 36.6 Å². The van der Waals surface area contributed by atoms with Gasteiger partial charge in [0.05, 0.1) is 12.1 Å². The highest BCUT2D eigenvalue weighted by Gasteiger charge is 2.26. The van der Waals surface area contributed by atoms with Crippen LogP contribution in [-0.4, -0.2) is 52.2 Å². The van der Waals surface area contributed by atoms with Crippen LogP contribution in [-0.2, 0) is 11.2 Å². The molecule has 2 aliphatic rings. The van der Waals surface area contributed by atoms with E-state index in [4.69, 9.17) is 0 Å². The summed E-state index contributed by atoms with van der Waals surface area (Å²) in [6, 6.07) is 7.97. The monoisotopic (exact) mass is 323 g/mol. The fourth-order valence-corrected chi connectivity index (χ4v) is 3.08. The van der Waals surface area contributed by atoms with Gasteiger partial charge in [-0.25, -0.2) is 0 Å². The van der Waals surface area contributed by atoms with Gasteiger partial charge in [-0.15, -0.1) is 5.10 Å². The van der Waals surface area contributed by atoms with E-state index in [-0.39, 0.29) is 5.91 Å². The Labute approximate surface area is 141 Å². The van der Waals surface area contributed by atoms with Crippen molar-refractivity contribution in [2.24, 2.45) is 0 Å². The van der Waals surface area contributed by atoms with E-state index < -0.39 is 0 Å². The zero-order valence-electron chi connectivity index (χ0n) is 13.6. The lowest BCUT2D eigenvalue weighted by molar-refractivity contribution is -0.130. The second kappa shape index (κ2) is 6.55. The minimum Gasteiger partial charge on any atom is -0.352 e. The molecule has 124 valence electrons. The van der Waals surface area contributed by atoms with E-state index in [2.05, 4.69) is 32.2 Å². The lowest BCUT2D eigenvalue weighted by Gasteiger charge is -2.35. The maximum Gasteiger partial charge on any atom is 0.227 e. The van der Waals surface area contributed by atoms with Crippen molar-refractivity contribution in [3.8, 4) is 0 Å². The number of nitrogens with zero attached hydrogens (tertiary/aromatic N) is 5. The number of piperazine rings is 1. The molecule has 0 atom stereocenters. The zero-order valence-corrected chi connectivity index (χ0v) is 13.6. The van der Waals surface area contributed by atoms with E-state index in [1.807, 2.05) is 17.0 Å². The fraction of sp³-hybridized carbons (Fsp3) is 0.444. The first-order valence-electron chi connectivity index (χ1n) is 8.55. The predicted molar refractivity (Wildman–Crippen MR) is 90.7 cm³/mol. The van der Waals surface area contributed by atoms with Crippen molar-refractivity contribution in [1.29, 1.82) is 0 Å². The summed E-state index contributed by atoms with van der Waals surface area (Å²) in [6.07, 6.45) is 6.38. The highest BCUT2D eigenvalue weighted by molar-refractivity contribution is 5.79. The van der Waals surface area contributed by atoms with Gasteiger partial charge in [-0.1, -0.05) is 6.07 Å². The Morgan fingerprint density at radius 1 is 1.08 bits per heavy atom. The van der Waals surface area contributed by atoms with Gasteiger partial charge in [0.2, 0.25) is 5.91 Å². The zero-order chi connectivity index (χ0) is 16.4. The first-order valence-corrected chi connectivity index (χ1v) is 8.55. The van der Waals surface area contributed by atoms with E-state index in [0.29, 0.717) is 12.3 Å². The number of hydrogen-bond acceptors (Lipinski definition) is 5. The molecular formula is C18H21N5O. The number of carbonyl (C=O) groups is 1. The Kier molecular flexibility index (Phi) is 4.11. The molecule has 24 heavy (non-hydrogen) atoms. The maximum absolute atomic E-state index is 12.4. The molecule has 2 aromatic rings. The normalized spacial score (nSPS) is 17.8. The molecule has 6 heteroatoms. The molecule has 4 rings (SSSR count). The number of amides is 1. The van der Waals surface area contributed by atoms with Crippen LogP contribution in [0.25, 0.3) is 0 Å². The van der Waals surface area contributed by atoms with Crippen LogP contribution >= 0.6 is 0 Å². The number of hydrogen-bond donors (Lipinski definition) is 0. The van der Waals surface area contributed by atoms with Crippen molar-refractivity contribution in [3.63, 3.8) is 0 Å². The van der Waals surface area contributed by atoms with E-state index in [1.54, 1.807) is 12.4 Å². The number of rotatable bonds is 4. The Morgan fingerprint density at radius 2 is 1.92 bits per heavy atom. The third-order valence-electron chi connectivity index (χ3n) is 4.70. The highest BCUT2D eigenvalue weighted by Crippen LogP contribution is 2.38. The van der Waals surface area contributed by atoms with Crippen molar-refractivity contribution >= 4 is 11.7 Å². The van der Waals surface area contributed by atoms with Gasteiger partial charge in [0, 0.05) is 44.5 Å². The van der Waals surface area contributed by atoms with Gasteiger partial charge < -0.3 is 9.80 Å². The largest absolute Gasteiger partial charge is 0.352 e. The van der Waals surface area contributed by atoms with E-state index in [1.165, 1.54) is 12.8 Å². The SMILES string of the molecule is O=C(Cc1cccnc1)N1CCN(c2ccc(C3CC3)nn2)CC1. The van der Waals surface area contributed by atoms with Gasteiger partial charge in [0.15, 0.2) is 5.82 Å². The summed E-state index contributed by atoms with van der Waals surface area (Å²) < 4.78 is 0. The molecule has 1 aliphatic carbocycles. The minimum absolute atomic E-state index is 0.165. The first kappa shape index (κ1) is 15.1. The van der Waals surface area contributed by atoms with Crippen molar-refractivity contribution in [3.05, 3.63) is 47.9 Å². The summed E-state index contributed by atoms with van der Waals surface area (Å²) in [7, 11) is 0. The number of carbonyl (C=O) groups excluding carboxylic acids is 1. The van der Waals surface area contributed by atoms with Gasteiger partial charge in [0.25, 0.3) is 0 Å². The molecule has 0 bridgehead atoms. The highest BCUT2D eigenvalue weighted by atomic mass is 16.2. The van der Waals surface area contributed by atoms with E-state index in [9.17, 15) is 4.79 Å².